The van der Waals surface area contributed by atoms with Gasteiger partial charge in [0.25, 0.3) is 0 Å². The number of carboxylic acids is 1. The topological polar surface area (TPSA) is 43.8 Å². The lowest BCUT2D eigenvalue weighted by Crippen LogP contribution is -2.55. The van der Waals surface area contributed by atoms with Crippen LogP contribution in [0, 0.1) is 0 Å². The van der Waals surface area contributed by atoms with E-state index in [4.69, 9.17) is 0 Å². The molecule has 2 rings (SSSR count). The number of hydrogen-bond donors (Lipinski definition) is 1. The van der Waals surface area contributed by atoms with Crippen LogP contribution >= 0.6 is 0 Å². The van der Waals surface area contributed by atoms with Crippen LogP contribution in [0.25, 0.3) is 0 Å². The van der Waals surface area contributed by atoms with Crippen molar-refractivity contribution in [3.8, 4) is 0 Å². The second-order valence-electron chi connectivity index (χ2n) is 4.76. The van der Waals surface area contributed by atoms with Gasteiger partial charge < -0.3 is 10.0 Å². The van der Waals surface area contributed by atoms with Gasteiger partial charge in [-0.05, 0) is 25.1 Å². The molecule has 4 heteroatoms. The van der Waals surface area contributed by atoms with Gasteiger partial charge in [-0.2, -0.15) is 0 Å². The molecular weight excluding hydrogens is 228 g/mol. The molecule has 18 heavy (non-hydrogen) atoms. The smallest absolute Gasteiger partial charge is 0.322 e. The normalized spacial score (nSPS) is 21.0. The van der Waals surface area contributed by atoms with E-state index in [2.05, 4.69) is 24.0 Å². The van der Waals surface area contributed by atoms with Gasteiger partial charge in [-0.25, -0.2) is 0 Å². The predicted octanol–water partition coefficient (Wildman–Crippen LogP) is 1.45. The summed E-state index contributed by atoms with van der Waals surface area (Å²) in [6.07, 6.45) is 0.972. The van der Waals surface area contributed by atoms with E-state index < -0.39 is 12.0 Å². The molecule has 4 nitrogen and oxygen atoms in total. The van der Waals surface area contributed by atoms with Crippen LogP contribution in [-0.4, -0.2) is 48.7 Å². The van der Waals surface area contributed by atoms with E-state index in [1.165, 1.54) is 11.3 Å². The molecule has 1 fully saturated rings. The first-order valence-corrected chi connectivity index (χ1v) is 6.39. The number of piperazine rings is 1. The summed E-state index contributed by atoms with van der Waals surface area (Å²) in [4.78, 5) is 15.3. The molecule has 1 aliphatic rings. The molecule has 0 aromatic heterocycles. The molecule has 1 atom stereocenters. The van der Waals surface area contributed by atoms with Crippen molar-refractivity contribution in [1.29, 1.82) is 0 Å². The van der Waals surface area contributed by atoms with Crippen LogP contribution < -0.4 is 4.90 Å². The fourth-order valence-corrected chi connectivity index (χ4v) is 2.48. The van der Waals surface area contributed by atoms with Crippen molar-refractivity contribution in [3.63, 3.8) is 0 Å². The molecule has 0 bridgehead atoms. The van der Waals surface area contributed by atoms with Crippen LogP contribution in [0.3, 0.4) is 0 Å². The number of likely N-dealkylation sites (N-methyl/N-ethyl adjacent to an activating group) is 1. The summed E-state index contributed by atoms with van der Waals surface area (Å²) >= 11 is 0. The lowest BCUT2D eigenvalue weighted by atomic mass is 10.1. The SMILES string of the molecule is CCc1ccccc1N1CCN(C)C(C(=O)O)C1. The van der Waals surface area contributed by atoms with Crippen LogP contribution in [-0.2, 0) is 11.2 Å². The first kappa shape index (κ1) is 12.9. The maximum atomic E-state index is 11.2. The van der Waals surface area contributed by atoms with E-state index in [0.717, 1.165) is 19.5 Å². The Kier molecular flexibility index (Phi) is 3.87. The molecule has 1 saturated heterocycles. The van der Waals surface area contributed by atoms with Gasteiger partial charge in [-0.3, -0.25) is 9.69 Å². The zero-order chi connectivity index (χ0) is 13.1. The molecular formula is C14H20N2O2. The third kappa shape index (κ3) is 2.48. The molecule has 98 valence electrons. The second-order valence-corrected chi connectivity index (χ2v) is 4.76. The molecule has 1 heterocycles. The Balaban J connectivity index is 2.21. The fraction of sp³-hybridized carbons (Fsp3) is 0.500. The van der Waals surface area contributed by atoms with Gasteiger partial charge in [0, 0.05) is 25.3 Å². The molecule has 0 spiro atoms. The number of hydrogen-bond acceptors (Lipinski definition) is 3. The molecule has 1 aliphatic heterocycles. The van der Waals surface area contributed by atoms with Crippen molar-refractivity contribution < 1.29 is 9.90 Å². The van der Waals surface area contributed by atoms with Gasteiger partial charge in [0.2, 0.25) is 0 Å². The number of carbonyl (C=O) groups is 1. The van der Waals surface area contributed by atoms with E-state index in [-0.39, 0.29) is 0 Å². The molecule has 0 saturated carbocycles. The summed E-state index contributed by atoms with van der Waals surface area (Å²) < 4.78 is 0. The van der Waals surface area contributed by atoms with Crippen LogP contribution in [0.5, 0.6) is 0 Å². The third-order valence-corrected chi connectivity index (χ3v) is 3.65. The largest absolute Gasteiger partial charge is 0.480 e. The summed E-state index contributed by atoms with van der Waals surface area (Å²) in [5, 5.41) is 9.23. The molecule has 1 aromatic rings. The number of rotatable bonds is 3. The van der Waals surface area contributed by atoms with Crippen molar-refractivity contribution in [2.75, 3.05) is 31.6 Å². The quantitative estimate of drug-likeness (QED) is 0.879. The molecule has 1 aromatic carbocycles. The standard InChI is InChI=1S/C14H20N2O2/c1-3-11-6-4-5-7-12(11)16-9-8-15(2)13(10-16)14(17)18/h4-7,13H,3,8-10H2,1-2H3,(H,17,18). The zero-order valence-corrected chi connectivity index (χ0v) is 11.0. The number of carboxylic acid groups (broad SMARTS) is 1. The number of para-hydroxylation sites is 1. The average Bonchev–Trinajstić information content (AvgIpc) is 2.39. The summed E-state index contributed by atoms with van der Waals surface area (Å²) in [6, 6.07) is 7.84. The molecule has 0 aliphatic carbocycles. The maximum Gasteiger partial charge on any atom is 0.322 e. The van der Waals surface area contributed by atoms with Gasteiger partial charge in [-0.15, -0.1) is 0 Å². The lowest BCUT2D eigenvalue weighted by molar-refractivity contribution is -0.142. The Morgan fingerprint density at radius 2 is 2.11 bits per heavy atom. The summed E-state index contributed by atoms with van der Waals surface area (Å²) in [5.41, 5.74) is 2.46. The van der Waals surface area contributed by atoms with Crippen LogP contribution in [0.1, 0.15) is 12.5 Å². The van der Waals surface area contributed by atoms with E-state index in [9.17, 15) is 9.90 Å². The van der Waals surface area contributed by atoms with Crippen molar-refractivity contribution in [2.24, 2.45) is 0 Å². The van der Waals surface area contributed by atoms with E-state index >= 15 is 0 Å². The highest BCUT2D eigenvalue weighted by Gasteiger charge is 2.30. The number of anilines is 1. The first-order chi connectivity index (χ1) is 8.63. The minimum absolute atomic E-state index is 0.413. The minimum Gasteiger partial charge on any atom is -0.480 e. The average molecular weight is 248 g/mol. The van der Waals surface area contributed by atoms with Gasteiger partial charge in [0.1, 0.15) is 6.04 Å². The monoisotopic (exact) mass is 248 g/mol. The number of benzene rings is 1. The fourth-order valence-electron chi connectivity index (χ4n) is 2.48. The zero-order valence-electron chi connectivity index (χ0n) is 11.0. The van der Waals surface area contributed by atoms with Crippen LogP contribution in [0.4, 0.5) is 5.69 Å². The summed E-state index contributed by atoms with van der Waals surface area (Å²) in [7, 11) is 1.88. The van der Waals surface area contributed by atoms with E-state index in [1.807, 2.05) is 24.1 Å². The van der Waals surface area contributed by atoms with Crippen molar-refractivity contribution in [1.82, 2.24) is 4.90 Å². The van der Waals surface area contributed by atoms with Gasteiger partial charge in [-0.1, -0.05) is 25.1 Å². The Morgan fingerprint density at radius 3 is 2.78 bits per heavy atom. The molecule has 1 unspecified atom stereocenters. The second kappa shape index (κ2) is 5.40. The molecule has 0 amide bonds. The third-order valence-electron chi connectivity index (χ3n) is 3.65. The number of aliphatic carboxylic acids is 1. The van der Waals surface area contributed by atoms with Gasteiger partial charge in [0.05, 0.1) is 0 Å². The number of nitrogens with zero attached hydrogens (tertiary/aromatic N) is 2. The first-order valence-electron chi connectivity index (χ1n) is 6.39. The highest BCUT2D eigenvalue weighted by atomic mass is 16.4. The Hall–Kier alpha value is -1.55. The van der Waals surface area contributed by atoms with Crippen molar-refractivity contribution in [3.05, 3.63) is 29.8 Å². The highest BCUT2D eigenvalue weighted by Crippen LogP contribution is 2.23. The van der Waals surface area contributed by atoms with Crippen LogP contribution in [0.2, 0.25) is 0 Å². The van der Waals surface area contributed by atoms with Gasteiger partial charge in [0.15, 0.2) is 0 Å². The Labute approximate surface area is 108 Å². The number of aryl methyl sites for hydroxylation is 1. The molecule has 1 N–H and O–H groups in total. The Morgan fingerprint density at radius 1 is 1.39 bits per heavy atom. The van der Waals surface area contributed by atoms with Gasteiger partial charge >= 0.3 is 5.97 Å². The van der Waals surface area contributed by atoms with Crippen LogP contribution in [0.15, 0.2) is 24.3 Å². The minimum atomic E-state index is -0.740. The maximum absolute atomic E-state index is 11.2. The van der Waals surface area contributed by atoms with E-state index in [0.29, 0.717) is 6.54 Å². The van der Waals surface area contributed by atoms with Crippen molar-refractivity contribution >= 4 is 11.7 Å². The highest BCUT2D eigenvalue weighted by molar-refractivity contribution is 5.75. The Bertz CT molecular complexity index is 434. The molecule has 0 radical (unpaired) electrons. The van der Waals surface area contributed by atoms with E-state index in [1.54, 1.807) is 0 Å². The lowest BCUT2D eigenvalue weighted by Gasteiger charge is -2.39. The summed E-state index contributed by atoms with van der Waals surface area (Å²) in [5.74, 6) is -0.740. The van der Waals surface area contributed by atoms with Crippen molar-refractivity contribution in [2.45, 2.75) is 19.4 Å². The summed E-state index contributed by atoms with van der Waals surface area (Å²) in [6.45, 7) is 4.36. The predicted molar refractivity (Wildman–Crippen MR) is 72.1 cm³/mol.